The van der Waals surface area contributed by atoms with Gasteiger partial charge in [0, 0.05) is 12.1 Å². The van der Waals surface area contributed by atoms with E-state index in [4.69, 9.17) is 29.6 Å². The minimum atomic E-state index is -3.82. The third-order valence-electron chi connectivity index (χ3n) is 2.51. The van der Waals surface area contributed by atoms with Crippen molar-refractivity contribution in [2.24, 2.45) is 5.73 Å². The van der Waals surface area contributed by atoms with Crippen LogP contribution in [0, 0.1) is 0 Å². The van der Waals surface area contributed by atoms with E-state index >= 15 is 0 Å². The highest BCUT2D eigenvalue weighted by atomic mass is 35.5. The van der Waals surface area contributed by atoms with E-state index in [-0.39, 0.29) is 21.5 Å². The summed E-state index contributed by atoms with van der Waals surface area (Å²) in [6.07, 6.45) is 0.772. The number of hydrogen-bond acceptors (Lipinski definition) is 4. The maximum absolute atomic E-state index is 12.0. The SMILES string of the molecule is CCCNC(=O)CNS(=O)(=O)c1ccc(C(N)=S)c(Cl)c1. The van der Waals surface area contributed by atoms with Crippen LogP contribution in [0.15, 0.2) is 23.1 Å². The largest absolute Gasteiger partial charge is 0.389 e. The fraction of sp³-hybridized carbons (Fsp3) is 0.333. The number of sulfonamides is 1. The number of nitrogens with one attached hydrogen (secondary N) is 2. The molecule has 4 N–H and O–H groups in total. The Hall–Kier alpha value is -1.22. The molecule has 0 saturated heterocycles. The number of benzene rings is 1. The standard InChI is InChI=1S/C12H16ClN3O3S2/c1-2-5-15-11(17)7-16-21(18,19)8-3-4-9(12(14)20)10(13)6-8/h3-4,6,16H,2,5,7H2,1H3,(H2,14,20)(H,15,17). The van der Waals surface area contributed by atoms with E-state index in [1.54, 1.807) is 0 Å². The van der Waals surface area contributed by atoms with E-state index in [9.17, 15) is 13.2 Å². The van der Waals surface area contributed by atoms with Crippen molar-refractivity contribution in [3.8, 4) is 0 Å². The first-order valence-corrected chi connectivity index (χ1v) is 8.40. The van der Waals surface area contributed by atoms with Gasteiger partial charge < -0.3 is 11.1 Å². The molecule has 0 aliphatic carbocycles. The number of rotatable bonds is 7. The average Bonchev–Trinajstić information content (AvgIpc) is 2.42. The first-order valence-electron chi connectivity index (χ1n) is 6.13. The first kappa shape index (κ1) is 17.8. The van der Waals surface area contributed by atoms with Gasteiger partial charge in [-0.15, -0.1) is 0 Å². The summed E-state index contributed by atoms with van der Waals surface area (Å²) in [6, 6.07) is 3.99. The Labute approximate surface area is 134 Å². The molecule has 0 aliphatic heterocycles. The van der Waals surface area contributed by atoms with Crippen LogP contribution < -0.4 is 15.8 Å². The number of carbonyl (C=O) groups is 1. The molecule has 0 unspecified atom stereocenters. The third-order valence-corrected chi connectivity index (χ3v) is 4.44. The zero-order valence-electron chi connectivity index (χ0n) is 11.3. The Bertz CT molecular complexity index is 647. The van der Waals surface area contributed by atoms with E-state index in [0.717, 1.165) is 6.42 Å². The Morgan fingerprint density at radius 3 is 2.62 bits per heavy atom. The lowest BCUT2D eigenvalue weighted by Gasteiger charge is -2.09. The van der Waals surface area contributed by atoms with Gasteiger partial charge in [0.15, 0.2) is 0 Å². The van der Waals surface area contributed by atoms with Crippen LogP contribution in [-0.2, 0) is 14.8 Å². The highest BCUT2D eigenvalue weighted by Gasteiger charge is 2.17. The zero-order valence-corrected chi connectivity index (χ0v) is 13.7. The van der Waals surface area contributed by atoms with E-state index in [1.165, 1.54) is 18.2 Å². The van der Waals surface area contributed by atoms with Crippen LogP contribution in [0.25, 0.3) is 0 Å². The Morgan fingerprint density at radius 2 is 2.10 bits per heavy atom. The van der Waals surface area contributed by atoms with Crippen LogP contribution in [0.4, 0.5) is 0 Å². The number of halogens is 1. The van der Waals surface area contributed by atoms with Crippen molar-refractivity contribution in [3.05, 3.63) is 28.8 Å². The molecule has 0 radical (unpaired) electrons. The van der Waals surface area contributed by atoms with E-state index in [0.29, 0.717) is 12.1 Å². The first-order chi connectivity index (χ1) is 9.77. The molecule has 0 atom stereocenters. The molecule has 0 saturated carbocycles. The summed E-state index contributed by atoms with van der Waals surface area (Å²) < 4.78 is 26.3. The van der Waals surface area contributed by atoms with Gasteiger partial charge in [-0.2, -0.15) is 0 Å². The van der Waals surface area contributed by atoms with Gasteiger partial charge in [0.2, 0.25) is 15.9 Å². The number of carbonyl (C=O) groups excluding carboxylic acids is 1. The fourth-order valence-corrected chi connectivity index (χ4v) is 3.02. The maximum Gasteiger partial charge on any atom is 0.241 e. The van der Waals surface area contributed by atoms with Crippen molar-refractivity contribution in [1.29, 1.82) is 0 Å². The topological polar surface area (TPSA) is 101 Å². The molecule has 0 spiro atoms. The van der Waals surface area contributed by atoms with Crippen molar-refractivity contribution >= 4 is 44.7 Å². The van der Waals surface area contributed by atoms with Crippen LogP contribution in [0.5, 0.6) is 0 Å². The lowest BCUT2D eigenvalue weighted by atomic mass is 10.2. The molecule has 116 valence electrons. The Morgan fingerprint density at radius 1 is 1.43 bits per heavy atom. The molecule has 1 aromatic rings. The van der Waals surface area contributed by atoms with Crippen molar-refractivity contribution < 1.29 is 13.2 Å². The van der Waals surface area contributed by atoms with Crippen LogP contribution in [0.3, 0.4) is 0 Å². The Kier molecular flexibility index (Phi) is 6.53. The second-order valence-corrected chi connectivity index (χ2v) is 6.79. The predicted molar refractivity (Wildman–Crippen MR) is 85.8 cm³/mol. The zero-order chi connectivity index (χ0) is 16.0. The van der Waals surface area contributed by atoms with Gasteiger partial charge in [0.25, 0.3) is 0 Å². The molecule has 9 heteroatoms. The van der Waals surface area contributed by atoms with Crippen LogP contribution in [0.1, 0.15) is 18.9 Å². The van der Waals surface area contributed by atoms with Gasteiger partial charge in [0.05, 0.1) is 16.5 Å². The Balaban J connectivity index is 2.81. The number of nitrogens with two attached hydrogens (primary N) is 1. The maximum atomic E-state index is 12.0. The fourth-order valence-electron chi connectivity index (χ4n) is 1.43. The lowest BCUT2D eigenvalue weighted by molar-refractivity contribution is -0.119. The number of thiocarbonyl (C=S) groups is 1. The minimum absolute atomic E-state index is 0.0595. The molecule has 0 bridgehead atoms. The minimum Gasteiger partial charge on any atom is -0.389 e. The second kappa shape index (κ2) is 7.69. The lowest BCUT2D eigenvalue weighted by Crippen LogP contribution is -2.37. The van der Waals surface area contributed by atoms with Crippen LogP contribution >= 0.6 is 23.8 Å². The molecule has 0 fully saturated rings. The average molecular weight is 350 g/mol. The van der Waals surface area contributed by atoms with Gasteiger partial charge in [-0.1, -0.05) is 30.7 Å². The van der Waals surface area contributed by atoms with Gasteiger partial charge in [-0.25, -0.2) is 13.1 Å². The molecule has 1 aromatic carbocycles. The van der Waals surface area contributed by atoms with Gasteiger partial charge in [-0.3, -0.25) is 4.79 Å². The number of hydrogen-bond donors (Lipinski definition) is 3. The van der Waals surface area contributed by atoms with Crippen molar-refractivity contribution in [3.63, 3.8) is 0 Å². The van der Waals surface area contributed by atoms with E-state index in [1.807, 2.05) is 6.92 Å². The van der Waals surface area contributed by atoms with Crippen molar-refractivity contribution in [1.82, 2.24) is 10.0 Å². The molecule has 0 aliphatic rings. The summed E-state index contributed by atoms with van der Waals surface area (Å²) in [4.78, 5) is 11.4. The summed E-state index contributed by atoms with van der Waals surface area (Å²) in [5.74, 6) is -0.397. The second-order valence-electron chi connectivity index (χ2n) is 4.18. The third kappa shape index (κ3) is 5.24. The smallest absolute Gasteiger partial charge is 0.241 e. The molecule has 0 aromatic heterocycles. The summed E-state index contributed by atoms with van der Waals surface area (Å²) >= 11 is 10.7. The molecule has 0 heterocycles. The molecular formula is C12H16ClN3O3S2. The molecular weight excluding hydrogens is 334 g/mol. The van der Waals surface area contributed by atoms with Crippen LogP contribution in [0.2, 0.25) is 5.02 Å². The quantitative estimate of drug-likeness (QED) is 0.631. The summed E-state index contributed by atoms with van der Waals surface area (Å²) in [6.45, 7) is 2.06. The molecule has 1 rings (SSSR count). The van der Waals surface area contributed by atoms with Gasteiger partial charge in [-0.05, 0) is 24.6 Å². The summed E-state index contributed by atoms with van der Waals surface area (Å²) in [5.41, 5.74) is 5.84. The highest BCUT2D eigenvalue weighted by Crippen LogP contribution is 2.20. The normalized spacial score (nSPS) is 11.1. The highest BCUT2D eigenvalue weighted by molar-refractivity contribution is 7.89. The summed E-state index contributed by atoms with van der Waals surface area (Å²) in [7, 11) is -3.82. The molecule has 21 heavy (non-hydrogen) atoms. The monoisotopic (exact) mass is 349 g/mol. The number of amides is 1. The van der Waals surface area contributed by atoms with Crippen molar-refractivity contribution in [2.45, 2.75) is 18.2 Å². The van der Waals surface area contributed by atoms with E-state index in [2.05, 4.69) is 10.0 Å². The molecule has 1 amide bonds. The molecule has 6 nitrogen and oxygen atoms in total. The van der Waals surface area contributed by atoms with E-state index < -0.39 is 15.9 Å². The predicted octanol–water partition coefficient (Wildman–Crippen LogP) is 0.779. The van der Waals surface area contributed by atoms with Gasteiger partial charge in [0.1, 0.15) is 4.99 Å². The summed E-state index contributed by atoms with van der Waals surface area (Å²) in [5, 5.41) is 2.71. The van der Waals surface area contributed by atoms with Crippen LogP contribution in [-0.4, -0.2) is 32.4 Å². The van der Waals surface area contributed by atoms with Gasteiger partial charge >= 0.3 is 0 Å². The van der Waals surface area contributed by atoms with Crippen molar-refractivity contribution in [2.75, 3.05) is 13.1 Å².